The van der Waals surface area contributed by atoms with E-state index in [1.165, 1.54) is 4.90 Å². The standard InChI is InChI=1S/C11H9ClN2O2/c1-6-5-8(12)3-4-9(6)14-7(2)10(15)13-11(14)16/h3-5H,2H2,1H3,(H,13,15,16). The van der Waals surface area contributed by atoms with Crippen molar-refractivity contribution in [2.24, 2.45) is 0 Å². The highest BCUT2D eigenvalue weighted by atomic mass is 35.5. The maximum Gasteiger partial charge on any atom is 0.333 e. The molecule has 0 spiro atoms. The van der Waals surface area contributed by atoms with Gasteiger partial charge in [0.25, 0.3) is 5.91 Å². The van der Waals surface area contributed by atoms with Crippen LogP contribution < -0.4 is 10.2 Å². The predicted molar refractivity (Wildman–Crippen MR) is 61.3 cm³/mol. The Morgan fingerprint density at radius 2 is 2.06 bits per heavy atom. The van der Waals surface area contributed by atoms with Gasteiger partial charge in [-0.15, -0.1) is 0 Å². The van der Waals surface area contributed by atoms with E-state index in [1.807, 2.05) is 6.92 Å². The SMILES string of the molecule is C=C1C(=O)NC(=O)N1c1ccc(Cl)cc1C. The van der Waals surface area contributed by atoms with E-state index >= 15 is 0 Å². The molecule has 0 atom stereocenters. The number of benzene rings is 1. The minimum Gasteiger partial charge on any atom is -0.272 e. The third-order valence-corrected chi connectivity index (χ3v) is 2.59. The van der Waals surface area contributed by atoms with E-state index in [-0.39, 0.29) is 5.70 Å². The van der Waals surface area contributed by atoms with Crippen LogP contribution in [0.5, 0.6) is 0 Å². The Morgan fingerprint density at radius 1 is 1.38 bits per heavy atom. The van der Waals surface area contributed by atoms with Gasteiger partial charge in [0.05, 0.1) is 5.69 Å². The molecule has 16 heavy (non-hydrogen) atoms. The number of nitrogens with one attached hydrogen (secondary N) is 1. The van der Waals surface area contributed by atoms with E-state index in [4.69, 9.17) is 11.6 Å². The van der Waals surface area contributed by atoms with Crippen LogP contribution in [0.2, 0.25) is 5.02 Å². The number of hydrogen-bond donors (Lipinski definition) is 1. The predicted octanol–water partition coefficient (Wildman–Crippen LogP) is 2.22. The zero-order chi connectivity index (χ0) is 11.9. The molecule has 82 valence electrons. The van der Waals surface area contributed by atoms with E-state index in [2.05, 4.69) is 11.9 Å². The zero-order valence-electron chi connectivity index (χ0n) is 8.58. The second kappa shape index (κ2) is 3.64. The van der Waals surface area contributed by atoms with Crippen molar-refractivity contribution in [2.75, 3.05) is 4.90 Å². The molecule has 4 nitrogen and oxygen atoms in total. The molecule has 5 heteroatoms. The first kappa shape index (κ1) is 10.7. The molecular weight excluding hydrogens is 228 g/mol. The first-order valence-electron chi connectivity index (χ1n) is 4.61. The molecule has 0 aliphatic carbocycles. The fourth-order valence-electron chi connectivity index (χ4n) is 1.57. The maximum absolute atomic E-state index is 11.5. The first-order valence-corrected chi connectivity index (χ1v) is 4.99. The number of carbonyl (C=O) groups is 2. The Balaban J connectivity index is 2.48. The van der Waals surface area contributed by atoms with Crippen molar-refractivity contribution in [3.05, 3.63) is 41.1 Å². The molecule has 1 aromatic carbocycles. The number of imide groups is 1. The largest absolute Gasteiger partial charge is 0.333 e. The van der Waals surface area contributed by atoms with E-state index in [0.717, 1.165) is 5.56 Å². The van der Waals surface area contributed by atoms with Crippen LogP contribution in [0.15, 0.2) is 30.5 Å². The summed E-state index contributed by atoms with van der Waals surface area (Å²) < 4.78 is 0. The number of urea groups is 1. The molecule has 2 rings (SSSR count). The van der Waals surface area contributed by atoms with Gasteiger partial charge < -0.3 is 0 Å². The lowest BCUT2D eigenvalue weighted by molar-refractivity contribution is -0.115. The van der Waals surface area contributed by atoms with Crippen LogP contribution in [-0.2, 0) is 4.79 Å². The normalized spacial score (nSPS) is 15.6. The smallest absolute Gasteiger partial charge is 0.272 e. The van der Waals surface area contributed by atoms with Crippen molar-refractivity contribution in [3.63, 3.8) is 0 Å². The van der Waals surface area contributed by atoms with Gasteiger partial charge in [0.2, 0.25) is 0 Å². The average molecular weight is 237 g/mol. The number of nitrogens with zero attached hydrogens (tertiary/aromatic N) is 1. The lowest BCUT2D eigenvalue weighted by Gasteiger charge is -2.16. The average Bonchev–Trinajstić information content (AvgIpc) is 2.43. The van der Waals surface area contributed by atoms with Crippen LogP contribution in [0, 0.1) is 6.92 Å². The highest BCUT2D eigenvalue weighted by Crippen LogP contribution is 2.28. The molecule has 1 saturated heterocycles. The number of aryl methyl sites for hydroxylation is 1. The number of carbonyl (C=O) groups excluding carboxylic acids is 2. The van der Waals surface area contributed by atoms with Gasteiger partial charge in [-0.25, -0.2) is 4.79 Å². The van der Waals surface area contributed by atoms with Gasteiger partial charge in [-0.05, 0) is 30.7 Å². The third-order valence-electron chi connectivity index (χ3n) is 2.36. The molecule has 1 fully saturated rings. The summed E-state index contributed by atoms with van der Waals surface area (Å²) in [5.41, 5.74) is 1.53. The molecule has 0 saturated carbocycles. The maximum atomic E-state index is 11.5. The topological polar surface area (TPSA) is 49.4 Å². The number of hydrogen-bond acceptors (Lipinski definition) is 2. The number of anilines is 1. The summed E-state index contributed by atoms with van der Waals surface area (Å²) in [7, 11) is 0. The molecule has 3 amide bonds. The molecular formula is C11H9ClN2O2. The number of amides is 3. The lowest BCUT2D eigenvalue weighted by atomic mass is 10.2. The van der Waals surface area contributed by atoms with Gasteiger partial charge >= 0.3 is 6.03 Å². The van der Waals surface area contributed by atoms with E-state index < -0.39 is 11.9 Å². The monoisotopic (exact) mass is 236 g/mol. The van der Waals surface area contributed by atoms with Gasteiger partial charge in [-0.3, -0.25) is 15.0 Å². The minimum atomic E-state index is -0.486. The van der Waals surface area contributed by atoms with Gasteiger partial charge in [0.15, 0.2) is 0 Å². The Kier molecular flexibility index (Phi) is 2.44. The molecule has 1 aliphatic rings. The highest BCUT2D eigenvalue weighted by Gasteiger charge is 2.33. The molecule has 1 aromatic rings. The van der Waals surface area contributed by atoms with Gasteiger partial charge in [-0.2, -0.15) is 0 Å². The van der Waals surface area contributed by atoms with Crippen LogP contribution in [0.25, 0.3) is 0 Å². The lowest BCUT2D eigenvalue weighted by Crippen LogP contribution is -2.27. The Labute approximate surface area is 97.5 Å². The number of rotatable bonds is 1. The van der Waals surface area contributed by atoms with Gasteiger partial charge in [0.1, 0.15) is 5.70 Å². The molecule has 1 heterocycles. The van der Waals surface area contributed by atoms with E-state index in [1.54, 1.807) is 18.2 Å². The quantitative estimate of drug-likeness (QED) is 0.600. The molecule has 0 aromatic heterocycles. The molecule has 0 bridgehead atoms. The summed E-state index contributed by atoms with van der Waals surface area (Å²) in [6.07, 6.45) is 0. The Morgan fingerprint density at radius 3 is 2.56 bits per heavy atom. The third kappa shape index (κ3) is 1.57. The Hall–Kier alpha value is -1.81. The molecule has 0 unspecified atom stereocenters. The summed E-state index contributed by atoms with van der Waals surface area (Å²) in [6.45, 7) is 5.38. The highest BCUT2D eigenvalue weighted by molar-refractivity contribution is 6.30. The van der Waals surface area contributed by atoms with Crippen LogP contribution in [-0.4, -0.2) is 11.9 Å². The van der Waals surface area contributed by atoms with E-state index in [9.17, 15) is 9.59 Å². The summed E-state index contributed by atoms with van der Waals surface area (Å²) in [4.78, 5) is 24.0. The zero-order valence-corrected chi connectivity index (χ0v) is 9.34. The van der Waals surface area contributed by atoms with Crippen molar-refractivity contribution in [2.45, 2.75) is 6.92 Å². The van der Waals surface area contributed by atoms with Crippen LogP contribution >= 0.6 is 11.6 Å². The van der Waals surface area contributed by atoms with Crippen LogP contribution in [0.1, 0.15) is 5.56 Å². The fourth-order valence-corrected chi connectivity index (χ4v) is 1.80. The van der Waals surface area contributed by atoms with Crippen molar-refractivity contribution in [3.8, 4) is 0 Å². The van der Waals surface area contributed by atoms with Gasteiger partial charge in [0, 0.05) is 5.02 Å². The summed E-state index contributed by atoms with van der Waals surface area (Å²) in [6, 6.07) is 4.58. The second-order valence-corrected chi connectivity index (χ2v) is 3.91. The summed E-state index contributed by atoms with van der Waals surface area (Å²) in [5.74, 6) is -0.473. The Bertz CT molecular complexity index is 511. The van der Waals surface area contributed by atoms with Crippen molar-refractivity contribution in [1.29, 1.82) is 0 Å². The molecule has 0 radical (unpaired) electrons. The van der Waals surface area contributed by atoms with Crippen molar-refractivity contribution >= 4 is 29.2 Å². The summed E-state index contributed by atoms with van der Waals surface area (Å²) >= 11 is 5.82. The van der Waals surface area contributed by atoms with Gasteiger partial charge in [-0.1, -0.05) is 18.2 Å². The van der Waals surface area contributed by atoms with Crippen molar-refractivity contribution in [1.82, 2.24) is 5.32 Å². The van der Waals surface area contributed by atoms with Crippen LogP contribution in [0.3, 0.4) is 0 Å². The first-order chi connectivity index (χ1) is 7.50. The molecule has 1 aliphatic heterocycles. The second-order valence-electron chi connectivity index (χ2n) is 3.47. The molecule has 1 N–H and O–H groups in total. The summed E-state index contributed by atoms with van der Waals surface area (Å²) in [5, 5.41) is 2.75. The fraction of sp³-hybridized carbons (Fsp3) is 0.0909. The van der Waals surface area contributed by atoms with Crippen LogP contribution in [0.4, 0.5) is 10.5 Å². The van der Waals surface area contributed by atoms with Crippen molar-refractivity contribution < 1.29 is 9.59 Å². The minimum absolute atomic E-state index is 0.121. The van der Waals surface area contributed by atoms with E-state index in [0.29, 0.717) is 10.7 Å². The number of halogens is 1.